The van der Waals surface area contributed by atoms with Gasteiger partial charge in [-0.2, -0.15) is 0 Å². The van der Waals surface area contributed by atoms with Crippen molar-refractivity contribution < 1.29 is 4.79 Å². The number of hydrogen-bond acceptors (Lipinski definition) is 1. The minimum Gasteiger partial charge on any atom is -0.335 e. The van der Waals surface area contributed by atoms with Crippen LogP contribution in [0.3, 0.4) is 0 Å². The Kier molecular flexibility index (Phi) is 2.37. The van der Waals surface area contributed by atoms with Crippen LogP contribution in [0.2, 0.25) is 0 Å². The molecule has 3 saturated carbocycles. The maximum absolute atomic E-state index is 11.7. The van der Waals surface area contributed by atoms with Gasteiger partial charge >= 0.3 is 6.03 Å². The van der Waals surface area contributed by atoms with Gasteiger partial charge in [-0.25, -0.2) is 4.79 Å². The summed E-state index contributed by atoms with van der Waals surface area (Å²) in [5.74, 6) is 3.66. The highest BCUT2D eigenvalue weighted by atomic mass is 16.2. The number of nitrogens with one attached hydrogen (secondary N) is 1. The van der Waals surface area contributed by atoms with Gasteiger partial charge in [0.25, 0.3) is 0 Å². The molecule has 0 heterocycles. The molecule has 1 N–H and O–H groups in total. The quantitative estimate of drug-likeness (QED) is 0.724. The minimum atomic E-state index is 0.0911. The number of nitrogens with zero attached hydrogens (tertiary/aromatic N) is 1. The van der Waals surface area contributed by atoms with Crippen LogP contribution in [0, 0.1) is 23.7 Å². The van der Waals surface area contributed by atoms with Crippen molar-refractivity contribution in [3.05, 3.63) is 0 Å². The molecule has 5 atom stereocenters. The average Bonchev–Trinajstić information content (AvgIpc) is 2.88. The van der Waals surface area contributed by atoms with Crippen molar-refractivity contribution >= 4 is 6.03 Å². The molecule has 2 bridgehead atoms. The summed E-state index contributed by atoms with van der Waals surface area (Å²) in [7, 11) is 3.64. The van der Waals surface area contributed by atoms with Crippen molar-refractivity contribution in [1.29, 1.82) is 0 Å². The van der Waals surface area contributed by atoms with Crippen molar-refractivity contribution in [2.24, 2.45) is 23.7 Å². The summed E-state index contributed by atoms with van der Waals surface area (Å²) in [5, 5.41) is 3.22. The van der Waals surface area contributed by atoms with Crippen LogP contribution in [-0.2, 0) is 0 Å². The Bertz CT molecular complexity index is 302. The first kappa shape index (κ1) is 10.4. The number of fused-ring (bicyclic) bond motifs is 5. The molecular weight excluding hydrogens is 200 g/mol. The topological polar surface area (TPSA) is 32.3 Å². The molecule has 3 aliphatic carbocycles. The summed E-state index contributed by atoms with van der Waals surface area (Å²) >= 11 is 0. The lowest BCUT2D eigenvalue weighted by molar-refractivity contribution is 0.194. The first-order valence-corrected chi connectivity index (χ1v) is 6.64. The molecule has 3 heteroatoms. The van der Waals surface area contributed by atoms with Crippen LogP contribution in [0.5, 0.6) is 0 Å². The first-order chi connectivity index (χ1) is 7.66. The third kappa shape index (κ3) is 1.44. The smallest absolute Gasteiger partial charge is 0.317 e. The maximum atomic E-state index is 11.7. The van der Waals surface area contributed by atoms with Crippen molar-refractivity contribution in [2.45, 2.75) is 38.1 Å². The number of carbonyl (C=O) groups is 1. The molecule has 0 radical (unpaired) electrons. The first-order valence-electron chi connectivity index (χ1n) is 6.64. The molecule has 0 saturated heterocycles. The summed E-state index contributed by atoms with van der Waals surface area (Å²) in [5.41, 5.74) is 0. The third-order valence-corrected chi connectivity index (χ3v) is 5.15. The zero-order valence-electron chi connectivity index (χ0n) is 10.3. The van der Waals surface area contributed by atoms with E-state index in [4.69, 9.17) is 0 Å². The molecule has 90 valence electrons. The fraction of sp³-hybridized carbons (Fsp3) is 0.923. The standard InChI is InChI=1S/C13H22N2O/c1-15(2)13(16)14-11-6-5-10-8-3-4-9(7-8)12(10)11/h8-12H,3-7H2,1-2H3,(H,14,16)/t8-,9+,10?,11?,12?/m0/s1. The molecule has 0 aromatic heterocycles. The van der Waals surface area contributed by atoms with Crippen molar-refractivity contribution in [3.8, 4) is 0 Å². The van der Waals surface area contributed by atoms with Gasteiger partial charge in [0.2, 0.25) is 0 Å². The highest BCUT2D eigenvalue weighted by Gasteiger charge is 2.53. The summed E-state index contributed by atoms with van der Waals surface area (Å²) in [4.78, 5) is 13.4. The SMILES string of the molecule is CN(C)C(=O)NC1CCC2C1[C@@H]1CC[C@H]2C1. The van der Waals surface area contributed by atoms with Gasteiger partial charge in [-0.1, -0.05) is 0 Å². The number of carbonyl (C=O) groups excluding carboxylic acids is 1. The van der Waals surface area contributed by atoms with Crippen molar-refractivity contribution in [3.63, 3.8) is 0 Å². The number of urea groups is 1. The Morgan fingerprint density at radius 2 is 1.88 bits per heavy atom. The van der Waals surface area contributed by atoms with Crippen molar-refractivity contribution in [2.75, 3.05) is 14.1 Å². The lowest BCUT2D eigenvalue weighted by Gasteiger charge is -2.30. The van der Waals surface area contributed by atoms with E-state index in [1.54, 1.807) is 4.90 Å². The summed E-state index contributed by atoms with van der Waals surface area (Å²) in [6.07, 6.45) is 6.89. The summed E-state index contributed by atoms with van der Waals surface area (Å²) in [6.45, 7) is 0. The van der Waals surface area contributed by atoms with Gasteiger partial charge in [0.1, 0.15) is 0 Å². The van der Waals surface area contributed by atoms with Crippen LogP contribution in [-0.4, -0.2) is 31.1 Å². The summed E-state index contributed by atoms with van der Waals surface area (Å²) in [6, 6.07) is 0.559. The Labute approximate surface area is 97.6 Å². The van der Waals surface area contributed by atoms with Crippen molar-refractivity contribution in [1.82, 2.24) is 10.2 Å². The highest BCUT2D eigenvalue weighted by Crippen LogP contribution is 2.58. The van der Waals surface area contributed by atoms with Gasteiger partial charge in [-0.3, -0.25) is 0 Å². The second-order valence-corrected chi connectivity index (χ2v) is 6.10. The molecule has 3 unspecified atom stereocenters. The van der Waals surface area contributed by atoms with Gasteiger partial charge in [0.05, 0.1) is 0 Å². The van der Waals surface area contributed by atoms with E-state index < -0.39 is 0 Å². The molecule has 2 amide bonds. The zero-order valence-corrected chi connectivity index (χ0v) is 10.3. The number of amides is 2. The predicted molar refractivity (Wildman–Crippen MR) is 63.1 cm³/mol. The lowest BCUT2D eigenvalue weighted by atomic mass is 9.80. The van der Waals surface area contributed by atoms with Crippen LogP contribution in [0.25, 0.3) is 0 Å². The molecule has 3 rings (SSSR count). The van der Waals surface area contributed by atoms with E-state index in [-0.39, 0.29) is 6.03 Å². The van der Waals surface area contributed by atoms with Crippen LogP contribution in [0.15, 0.2) is 0 Å². The zero-order chi connectivity index (χ0) is 11.3. The van der Waals surface area contributed by atoms with Gasteiger partial charge in [-0.05, 0) is 55.8 Å². The van der Waals surface area contributed by atoms with E-state index in [1.165, 1.54) is 32.1 Å². The Morgan fingerprint density at radius 3 is 2.62 bits per heavy atom. The average molecular weight is 222 g/mol. The number of hydrogen-bond donors (Lipinski definition) is 1. The lowest BCUT2D eigenvalue weighted by Crippen LogP contribution is -2.45. The molecule has 3 nitrogen and oxygen atoms in total. The van der Waals surface area contributed by atoms with Gasteiger partial charge < -0.3 is 10.2 Å². The Hall–Kier alpha value is -0.730. The normalized spacial score (nSPS) is 44.5. The molecule has 0 aromatic carbocycles. The Morgan fingerprint density at radius 1 is 1.12 bits per heavy atom. The van der Waals surface area contributed by atoms with Crippen LogP contribution in [0.4, 0.5) is 4.79 Å². The van der Waals surface area contributed by atoms with E-state index in [0.717, 1.165) is 23.7 Å². The monoisotopic (exact) mass is 222 g/mol. The number of rotatable bonds is 1. The van der Waals surface area contributed by atoms with E-state index >= 15 is 0 Å². The largest absolute Gasteiger partial charge is 0.335 e. The van der Waals surface area contributed by atoms with E-state index in [2.05, 4.69) is 5.32 Å². The van der Waals surface area contributed by atoms with Gasteiger partial charge in [0, 0.05) is 20.1 Å². The van der Waals surface area contributed by atoms with E-state index in [0.29, 0.717) is 6.04 Å². The molecular formula is C13H22N2O. The highest BCUT2D eigenvalue weighted by molar-refractivity contribution is 5.73. The summed E-state index contributed by atoms with van der Waals surface area (Å²) < 4.78 is 0. The van der Waals surface area contributed by atoms with Crippen LogP contribution >= 0.6 is 0 Å². The molecule has 0 spiro atoms. The molecule has 0 aliphatic heterocycles. The molecule has 3 aliphatic rings. The molecule has 3 fully saturated rings. The molecule has 16 heavy (non-hydrogen) atoms. The van der Waals surface area contributed by atoms with Crippen LogP contribution < -0.4 is 5.32 Å². The second kappa shape index (κ2) is 3.64. The second-order valence-electron chi connectivity index (χ2n) is 6.10. The van der Waals surface area contributed by atoms with Crippen LogP contribution in [0.1, 0.15) is 32.1 Å². The fourth-order valence-electron chi connectivity index (χ4n) is 4.53. The fourth-order valence-corrected chi connectivity index (χ4v) is 4.53. The van der Waals surface area contributed by atoms with Gasteiger partial charge in [0.15, 0.2) is 0 Å². The predicted octanol–water partition coefficient (Wildman–Crippen LogP) is 2.08. The Balaban J connectivity index is 1.68. The van der Waals surface area contributed by atoms with Gasteiger partial charge in [-0.15, -0.1) is 0 Å². The third-order valence-electron chi connectivity index (χ3n) is 5.15. The van der Waals surface area contributed by atoms with E-state index in [1.807, 2.05) is 14.1 Å². The maximum Gasteiger partial charge on any atom is 0.317 e. The minimum absolute atomic E-state index is 0.0911. The molecule has 0 aromatic rings. The van der Waals surface area contributed by atoms with E-state index in [9.17, 15) is 4.79 Å².